The zero-order valence-corrected chi connectivity index (χ0v) is 11.0. The molecule has 0 heterocycles. The van der Waals surface area contributed by atoms with Gasteiger partial charge in [-0.3, -0.25) is 0 Å². The number of rotatable bonds is 0. The smallest absolute Gasteiger partial charge is 0.142 e. The largest absolute Gasteiger partial charge is 0.508 e. The van der Waals surface area contributed by atoms with Gasteiger partial charge in [-0.2, -0.15) is 0 Å². The minimum Gasteiger partial charge on any atom is -0.508 e. The molecule has 0 amide bonds. The van der Waals surface area contributed by atoms with Gasteiger partial charge < -0.3 is 5.11 Å². The number of fused-ring (bicyclic) bond motifs is 1. The lowest BCUT2D eigenvalue weighted by Gasteiger charge is -2.23. The first-order valence-corrected chi connectivity index (χ1v) is 5.87. The van der Waals surface area contributed by atoms with E-state index in [1.807, 2.05) is 20.8 Å². The monoisotopic (exact) mass is 260 g/mol. The number of aromatic hydroxyl groups is 1. The van der Waals surface area contributed by atoms with Crippen molar-refractivity contribution in [1.29, 1.82) is 0 Å². The quantitative estimate of drug-likeness (QED) is 0.707. The summed E-state index contributed by atoms with van der Waals surface area (Å²) < 4.78 is 27.7. The summed E-state index contributed by atoms with van der Waals surface area (Å²) in [5.41, 5.74) is 0.248. The maximum Gasteiger partial charge on any atom is 0.142 e. The van der Waals surface area contributed by atoms with Gasteiger partial charge in [0, 0.05) is 16.8 Å². The van der Waals surface area contributed by atoms with Gasteiger partial charge >= 0.3 is 0 Å². The standard InChI is InChI=1S/C16H14F2O/c1-5-10-13(17)8-14(18)11-6-9(19)7-12(15(10)11)16(2,3)4/h1,6-8,19H,2-4H3. The normalized spacial score (nSPS) is 11.6. The second-order valence-corrected chi connectivity index (χ2v) is 5.53. The summed E-state index contributed by atoms with van der Waals surface area (Å²) in [6, 6.07) is 3.52. The average molecular weight is 260 g/mol. The highest BCUT2D eigenvalue weighted by atomic mass is 19.1. The predicted octanol–water partition coefficient (Wildman–Crippen LogP) is 4.10. The Morgan fingerprint density at radius 2 is 1.74 bits per heavy atom. The Morgan fingerprint density at radius 3 is 2.26 bits per heavy atom. The van der Waals surface area contributed by atoms with Gasteiger partial charge in [0.1, 0.15) is 17.4 Å². The first-order chi connectivity index (χ1) is 8.75. The highest BCUT2D eigenvalue weighted by molar-refractivity contribution is 5.93. The van der Waals surface area contributed by atoms with Crippen LogP contribution in [0.1, 0.15) is 31.9 Å². The van der Waals surface area contributed by atoms with Gasteiger partial charge in [0.25, 0.3) is 0 Å². The SMILES string of the molecule is C#Cc1c(F)cc(F)c2cc(O)cc(C(C)(C)C)c12. The fraction of sp³-hybridized carbons (Fsp3) is 0.250. The van der Waals surface area contributed by atoms with E-state index in [2.05, 4.69) is 5.92 Å². The average Bonchev–Trinajstić information content (AvgIpc) is 2.28. The van der Waals surface area contributed by atoms with Gasteiger partial charge in [0.15, 0.2) is 0 Å². The van der Waals surface area contributed by atoms with Crippen molar-refractivity contribution in [2.24, 2.45) is 0 Å². The molecule has 1 nitrogen and oxygen atoms in total. The van der Waals surface area contributed by atoms with Crippen LogP contribution in [0, 0.1) is 24.0 Å². The molecule has 0 radical (unpaired) electrons. The summed E-state index contributed by atoms with van der Waals surface area (Å²) in [7, 11) is 0. The van der Waals surface area contributed by atoms with Crippen molar-refractivity contribution in [2.75, 3.05) is 0 Å². The van der Waals surface area contributed by atoms with Crippen LogP contribution in [0.4, 0.5) is 8.78 Å². The van der Waals surface area contributed by atoms with E-state index < -0.39 is 17.0 Å². The molecule has 0 aromatic heterocycles. The van der Waals surface area contributed by atoms with E-state index in [4.69, 9.17) is 6.42 Å². The van der Waals surface area contributed by atoms with E-state index in [-0.39, 0.29) is 16.7 Å². The molecule has 3 heteroatoms. The molecular formula is C16H14F2O. The second-order valence-electron chi connectivity index (χ2n) is 5.53. The fourth-order valence-corrected chi connectivity index (χ4v) is 2.20. The highest BCUT2D eigenvalue weighted by Crippen LogP contribution is 2.37. The molecule has 0 aliphatic heterocycles. The molecule has 0 spiro atoms. The van der Waals surface area contributed by atoms with Gasteiger partial charge in [0.05, 0.1) is 5.56 Å². The highest BCUT2D eigenvalue weighted by Gasteiger charge is 2.23. The maximum absolute atomic E-state index is 13.9. The lowest BCUT2D eigenvalue weighted by atomic mass is 9.82. The van der Waals surface area contributed by atoms with Crippen LogP contribution < -0.4 is 0 Å². The Balaban J connectivity index is 3.09. The summed E-state index contributed by atoms with van der Waals surface area (Å²) in [6.07, 6.45) is 5.34. The molecule has 1 N–H and O–H groups in total. The molecule has 2 rings (SSSR count). The molecule has 2 aromatic carbocycles. The third-order valence-electron chi connectivity index (χ3n) is 3.08. The molecule has 0 aliphatic rings. The van der Waals surface area contributed by atoms with Gasteiger partial charge in [0.2, 0.25) is 0 Å². The van der Waals surface area contributed by atoms with Gasteiger partial charge in [-0.15, -0.1) is 6.42 Å². The van der Waals surface area contributed by atoms with Crippen molar-refractivity contribution < 1.29 is 13.9 Å². The van der Waals surface area contributed by atoms with Crippen molar-refractivity contribution in [3.05, 3.63) is 41.0 Å². The van der Waals surface area contributed by atoms with E-state index in [0.29, 0.717) is 10.9 Å². The van der Waals surface area contributed by atoms with Crippen LogP contribution in [0.5, 0.6) is 5.75 Å². The zero-order chi connectivity index (χ0) is 14.4. The molecular weight excluding hydrogens is 246 g/mol. The second kappa shape index (κ2) is 4.24. The topological polar surface area (TPSA) is 20.2 Å². The molecule has 0 atom stereocenters. The lowest BCUT2D eigenvalue weighted by Crippen LogP contribution is -2.13. The van der Waals surface area contributed by atoms with Crippen LogP contribution in [0.25, 0.3) is 10.8 Å². The van der Waals surface area contributed by atoms with Gasteiger partial charge in [-0.05, 0) is 23.1 Å². The molecule has 0 bridgehead atoms. The third-order valence-corrected chi connectivity index (χ3v) is 3.08. The van der Waals surface area contributed by atoms with E-state index in [9.17, 15) is 13.9 Å². The van der Waals surface area contributed by atoms with E-state index in [1.54, 1.807) is 0 Å². The molecule has 0 saturated carbocycles. The Labute approximate surface area is 110 Å². The molecule has 0 unspecified atom stereocenters. The molecule has 19 heavy (non-hydrogen) atoms. The lowest BCUT2D eigenvalue weighted by molar-refractivity contribution is 0.472. The Kier molecular flexibility index (Phi) is 2.98. The van der Waals surface area contributed by atoms with Crippen LogP contribution in [0.3, 0.4) is 0 Å². The molecule has 98 valence electrons. The van der Waals surface area contributed by atoms with E-state index >= 15 is 0 Å². The number of phenols is 1. The Bertz CT molecular complexity index is 703. The van der Waals surface area contributed by atoms with Crippen LogP contribution >= 0.6 is 0 Å². The van der Waals surface area contributed by atoms with E-state index in [1.165, 1.54) is 12.1 Å². The number of halogens is 2. The molecule has 0 saturated heterocycles. The van der Waals surface area contributed by atoms with Crippen molar-refractivity contribution in [2.45, 2.75) is 26.2 Å². The van der Waals surface area contributed by atoms with Crippen molar-refractivity contribution >= 4 is 10.8 Å². The number of phenolic OH excluding ortho intramolecular Hbond substituents is 1. The fourth-order valence-electron chi connectivity index (χ4n) is 2.20. The number of terminal acetylenes is 1. The molecule has 0 fully saturated rings. The Morgan fingerprint density at radius 1 is 1.11 bits per heavy atom. The number of hydrogen-bond donors (Lipinski definition) is 1. The molecule has 0 aliphatic carbocycles. The van der Waals surface area contributed by atoms with Crippen molar-refractivity contribution in [3.8, 4) is 18.1 Å². The van der Waals surface area contributed by atoms with Crippen molar-refractivity contribution in [3.63, 3.8) is 0 Å². The van der Waals surface area contributed by atoms with E-state index in [0.717, 1.165) is 6.07 Å². The Hall–Kier alpha value is -2.08. The predicted molar refractivity (Wildman–Crippen MR) is 72.2 cm³/mol. The number of benzene rings is 2. The minimum absolute atomic E-state index is 0.0290. The summed E-state index contributed by atoms with van der Waals surface area (Å²) in [5.74, 6) is 0.721. The summed E-state index contributed by atoms with van der Waals surface area (Å²) in [5, 5.41) is 10.2. The van der Waals surface area contributed by atoms with Crippen molar-refractivity contribution in [1.82, 2.24) is 0 Å². The first kappa shape index (κ1) is 13.4. The molecule has 2 aromatic rings. The van der Waals surface area contributed by atoms with Crippen LogP contribution in [-0.4, -0.2) is 5.11 Å². The first-order valence-electron chi connectivity index (χ1n) is 5.87. The summed E-state index contributed by atoms with van der Waals surface area (Å²) in [6.45, 7) is 5.68. The van der Waals surface area contributed by atoms with Crippen LogP contribution in [0.15, 0.2) is 18.2 Å². The summed E-state index contributed by atoms with van der Waals surface area (Å²) in [4.78, 5) is 0. The van der Waals surface area contributed by atoms with Gasteiger partial charge in [-0.1, -0.05) is 26.7 Å². The third kappa shape index (κ3) is 2.15. The zero-order valence-electron chi connectivity index (χ0n) is 11.0. The van der Waals surface area contributed by atoms with Gasteiger partial charge in [-0.25, -0.2) is 8.78 Å². The maximum atomic E-state index is 13.9. The number of hydrogen-bond acceptors (Lipinski definition) is 1. The minimum atomic E-state index is -0.760. The summed E-state index contributed by atoms with van der Waals surface area (Å²) >= 11 is 0. The van der Waals surface area contributed by atoms with Crippen LogP contribution in [0.2, 0.25) is 0 Å². The van der Waals surface area contributed by atoms with Crippen LogP contribution in [-0.2, 0) is 5.41 Å².